The number of carbonyl (C=O) groups excluding carboxylic acids is 1. The van der Waals surface area contributed by atoms with E-state index in [9.17, 15) is 9.59 Å². The Kier molecular flexibility index (Phi) is 3.18. The van der Waals surface area contributed by atoms with Gasteiger partial charge in [0, 0.05) is 16.6 Å². The van der Waals surface area contributed by atoms with Crippen molar-refractivity contribution in [1.82, 2.24) is 4.98 Å². The van der Waals surface area contributed by atoms with Gasteiger partial charge in [-0.15, -0.1) is 0 Å². The Balaban J connectivity index is 2.61. The number of carbonyl (C=O) groups is 1. The van der Waals surface area contributed by atoms with Gasteiger partial charge in [-0.25, -0.2) is 4.79 Å². The largest absolute Gasteiger partial charge is 0.456 e. The van der Waals surface area contributed by atoms with Crippen LogP contribution in [0.25, 0.3) is 10.9 Å². The number of aromatic amines is 1. The van der Waals surface area contributed by atoms with Gasteiger partial charge in [-0.2, -0.15) is 0 Å². The first-order valence-electron chi connectivity index (χ1n) is 6.14. The van der Waals surface area contributed by atoms with Crippen LogP contribution in [0.15, 0.2) is 29.1 Å². The molecule has 0 fully saturated rings. The third-order valence-corrected chi connectivity index (χ3v) is 2.70. The van der Waals surface area contributed by atoms with E-state index in [0.717, 1.165) is 5.52 Å². The Morgan fingerprint density at radius 1 is 1.21 bits per heavy atom. The van der Waals surface area contributed by atoms with Gasteiger partial charge in [0.15, 0.2) is 0 Å². The number of pyridine rings is 1. The molecule has 2 aromatic rings. The number of aryl methyl sites for hydroxylation is 1. The van der Waals surface area contributed by atoms with E-state index in [4.69, 9.17) is 4.74 Å². The fourth-order valence-electron chi connectivity index (χ4n) is 1.93. The van der Waals surface area contributed by atoms with Gasteiger partial charge in [0.05, 0.1) is 0 Å². The van der Waals surface area contributed by atoms with Gasteiger partial charge in [0.25, 0.3) is 0 Å². The van der Waals surface area contributed by atoms with Crippen molar-refractivity contribution in [2.45, 2.75) is 33.3 Å². The van der Waals surface area contributed by atoms with Crippen LogP contribution in [0.1, 0.15) is 36.8 Å². The summed E-state index contributed by atoms with van der Waals surface area (Å²) in [4.78, 5) is 27.5. The topological polar surface area (TPSA) is 59.2 Å². The molecule has 1 aromatic carbocycles. The molecule has 1 aromatic heterocycles. The number of aromatic nitrogens is 1. The van der Waals surface area contributed by atoms with Crippen LogP contribution >= 0.6 is 0 Å². The maximum atomic E-state index is 12.4. The van der Waals surface area contributed by atoms with Crippen molar-refractivity contribution in [2.24, 2.45) is 0 Å². The van der Waals surface area contributed by atoms with E-state index in [2.05, 4.69) is 4.98 Å². The molecular formula is C15H17NO3. The van der Waals surface area contributed by atoms with Gasteiger partial charge in [0.1, 0.15) is 11.2 Å². The molecule has 0 spiro atoms. The first kappa shape index (κ1) is 13.3. The summed E-state index contributed by atoms with van der Waals surface area (Å²) in [5.74, 6) is -0.586. The molecule has 0 atom stereocenters. The highest BCUT2D eigenvalue weighted by Crippen LogP contribution is 2.15. The SMILES string of the molecule is Cc1[nH]c2ccccc2c(=O)c1C(=O)OC(C)(C)C. The second kappa shape index (κ2) is 4.53. The minimum atomic E-state index is -0.623. The highest BCUT2D eigenvalue weighted by Gasteiger charge is 2.23. The normalized spacial score (nSPS) is 11.6. The van der Waals surface area contributed by atoms with Crippen LogP contribution in [0.3, 0.4) is 0 Å². The van der Waals surface area contributed by atoms with Gasteiger partial charge in [-0.1, -0.05) is 12.1 Å². The van der Waals surface area contributed by atoms with E-state index in [1.54, 1.807) is 39.8 Å². The number of ether oxygens (including phenoxy) is 1. The lowest BCUT2D eigenvalue weighted by atomic mass is 10.1. The van der Waals surface area contributed by atoms with Gasteiger partial charge in [-0.3, -0.25) is 4.79 Å². The van der Waals surface area contributed by atoms with Crippen LogP contribution in [-0.4, -0.2) is 16.6 Å². The molecule has 0 aliphatic carbocycles. The van der Waals surface area contributed by atoms with Gasteiger partial charge in [0.2, 0.25) is 5.43 Å². The van der Waals surface area contributed by atoms with Crippen LogP contribution in [0.2, 0.25) is 0 Å². The van der Waals surface area contributed by atoms with E-state index >= 15 is 0 Å². The number of benzene rings is 1. The maximum absolute atomic E-state index is 12.4. The first-order chi connectivity index (χ1) is 8.79. The van der Waals surface area contributed by atoms with Gasteiger partial charge < -0.3 is 9.72 Å². The minimum Gasteiger partial charge on any atom is -0.456 e. The van der Waals surface area contributed by atoms with E-state index < -0.39 is 11.6 Å². The summed E-state index contributed by atoms with van der Waals surface area (Å²) in [7, 11) is 0. The second-order valence-electron chi connectivity index (χ2n) is 5.50. The van der Waals surface area contributed by atoms with Crippen molar-refractivity contribution in [3.05, 3.63) is 45.7 Å². The van der Waals surface area contributed by atoms with E-state index in [0.29, 0.717) is 11.1 Å². The Morgan fingerprint density at radius 2 is 1.84 bits per heavy atom. The van der Waals surface area contributed by atoms with Crippen molar-refractivity contribution in [2.75, 3.05) is 0 Å². The van der Waals surface area contributed by atoms with Gasteiger partial charge in [-0.05, 0) is 39.8 Å². The lowest BCUT2D eigenvalue weighted by Gasteiger charge is -2.20. The fourth-order valence-corrected chi connectivity index (χ4v) is 1.93. The predicted octanol–water partition coefficient (Wildman–Crippen LogP) is 2.79. The van der Waals surface area contributed by atoms with Crippen LogP contribution in [0.4, 0.5) is 0 Å². The number of para-hydroxylation sites is 1. The average molecular weight is 259 g/mol. The van der Waals surface area contributed by atoms with E-state index in [1.165, 1.54) is 0 Å². The third kappa shape index (κ3) is 2.67. The van der Waals surface area contributed by atoms with Gasteiger partial charge >= 0.3 is 5.97 Å². The molecule has 1 heterocycles. The van der Waals surface area contributed by atoms with Crippen molar-refractivity contribution in [3.63, 3.8) is 0 Å². The number of esters is 1. The fraction of sp³-hybridized carbons (Fsp3) is 0.333. The van der Waals surface area contributed by atoms with Crippen molar-refractivity contribution >= 4 is 16.9 Å². The summed E-state index contributed by atoms with van der Waals surface area (Å²) in [6, 6.07) is 7.11. The van der Waals surface area contributed by atoms with E-state index in [-0.39, 0.29) is 11.0 Å². The monoisotopic (exact) mass is 259 g/mol. The highest BCUT2D eigenvalue weighted by molar-refractivity contribution is 5.95. The average Bonchev–Trinajstić information content (AvgIpc) is 2.26. The lowest BCUT2D eigenvalue weighted by Crippen LogP contribution is -2.28. The molecule has 4 nitrogen and oxygen atoms in total. The summed E-state index contributed by atoms with van der Waals surface area (Å²) in [6.45, 7) is 7.02. The predicted molar refractivity (Wildman–Crippen MR) is 74.5 cm³/mol. The van der Waals surface area contributed by atoms with Crippen molar-refractivity contribution in [3.8, 4) is 0 Å². The number of nitrogens with one attached hydrogen (secondary N) is 1. The number of fused-ring (bicyclic) bond motifs is 1. The molecule has 0 bridgehead atoms. The summed E-state index contributed by atoms with van der Waals surface area (Å²) in [5.41, 5.74) is 0.409. The summed E-state index contributed by atoms with van der Waals surface area (Å²) in [5, 5.41) is 0.494. The molecule has 0 unspecified atom stereocenters. The molecule has 0 saturated carbocycles. The zero-order valence-corrected chi connectivity index (χ0v) is 11.5. The van der Waals surface area contributed by atoms with Crippen molar-refractivity contribution < 1.29 is 9.53 Å². The Bertz CT molecular complexity index is 693. The second-order valence-corrected chi connectivity index (χ2v) is 5.50. The number of hydrogen-bond acceptors (Lipinski definition) is 3. The van der Waals surface area contributed by atoms with Crippen LogP contribution in [-0.2, 0) is 4.74 Å². The molecule has 0 aliphatic rings. The van der Waals surface area contributed by atoms with Crippen LogP contribution in [0, 0.1) is 6.92 Å². The maximum Gasteiger partial charge on any atom is 0.344 e. The summed E-state index contributed by atoms with van der Waals surface area (Å²) < 4.78 is 5.28. The first-order valence-corrected chi connectivity index (χ1v) is 6.14. The third-order valence-electron chi connectivity index (χ3n) is 2.70. The van der Waals surface area contributed by atoms with Crippen LogP contribution in [0.5, 0.6) is 0 Å². The molecule has 19 heavy (non-hydrogen) atoms. The molecule has 4 heteroatoms. The minimum absolute atomic E-state index is 0.0774. The summed E-state index contributed by atoms with van der Waals surface area (Å²) >= 11 is 0. The molecule has 0 saturated heterocycles. The number of hydrogen-bond donors (Lipinski definition) is 1. The Labute approximate surface area is 111 Å². The molecule has 0 amide bonds. The lowest BCUT2D eigenvalue weighted by molar-refractivity contribution is 0.00671. The number of H-pyrrole nitrogens is 1. The molecule has 1 N–H and O–H groups in total. The standard InChI is InChI=1S/C15H17NO3/c1-9-12(14(18)19-15(2,3)4)13(17)10-7-5-6-8-11(10)16-9/h5-8H,1-4H3,(H,16,17). The van der Waals surface area contributed by atoms with E-state index in [1.807, 2.05) is 12.1 Å². The van der Waals surface area contributed by atoms with Crippen LogP contribution < -0.4 is 5.43 Å². The van der Waals surface area contributed by atoms with Crippen molar-refractivity contribution in [1.29, 1.82) is 0 Å². The molecule has 0 aliphatic heterocycles. The zero-order valence-electron chi connectivity index (χ0n) is 11.5. The molecule has 100 valence electrons. The smallest absolute Gasteiger partial charge is 0.344 e. The summed E-state index contributed by atoms with van der Waals surface area (Å²) in [6.07, 6.45) is 0. The number of rotatable bonds is 1. The molecule has 0 radical (unpaired) electrons. The Morgan fingerprint density at radius 3 is 2.47 bits per heavy atom. The molecular weight excluding hydrogens is 242 g/mol. The Hall–Kier alpha value is -2.10. The molecule has 2 rings (SSSR count). The zero-order chi connectivity index (χ0) is 14.2. The highest BCUT2D eigenvalue weighted by atomic mass is 16.6. The quantitative estimate of drug-likeness (QED) is 0.801.